The van der Waals surface area contributed by atoms with E-state index in [9.17, 15) is 0 Å². The summed E-state index contributed by atoms with van der Waals surface area (Å²) >= 11 is 0. The lowest BCUT2D eigenvalue weighted by Crippen LogP contribution is -2.13. The lowest BCUT2D eigenvalue weighted by Gasteiger charge is -2.30. The van der Waals surface area contributed by atoms with Gasteiger partial charge in [0.15, 0.2) is 0 Å². The third-order valence-electron chi connectivity index (χ3n) is 10.4. The molecular weight excluding hydrogens is 683 g/mol. The summed E-state index contributed by atoms with van der Waals surface area (Å²) in [6, 6.07) is 79.0. The summed E-state index contributed by atoms with van der Waals surface area (Å²) in [6.45, 7) is 0. The van der Waals surface area contributed by atoms with E-state index in [0.29, 0.717) is 0 Å². The Morgan fingerprint density at radius 2 is 0.696 bits per heavy atom. The number of benzene rings is 9. The van der Waals surface area contributed by atoms with Gasteiger partial charge in [0, 0.05) is 56.0 Å². The fourth-order valence-corrected chi connectivity index (χ4v) is 7.94. The molecule has 56 heavy (non-hydrogen) atoms. The Bertz CT molecular complexity index is 2780. The Hall–Kier alpha value is -7.56. The van der Waals surface area contributed by atoms with E-state index in [0.717, 1.165) is 83.9 Å². The number of para-hydroxylation sites is 6. The number of fused-ring (bicyclic) bond motifs is 4. The summed E-state index contributed by atoms with van der Waals surface area (Å²) in [7, 11) is 0. The summed E-state index contributed by atoms with van der Waals surface area (Å²) in [5, 5.41) is 4.27. The molecule has 0 amide bonds. The van der Waals surface area contributed by atoms with Crippen molar-refractivity contribution in [3.05, 3.63) is 224 Å². The first-order valence-corrected chi connectivity index (χ1v) is 18.9. The highest BCUT2D eigenvalue weighted by atomic mass is 16.3. The van der Waals surface area contributed by atoms with Gasteiger partial charge in [0.2, 0.25) is 0 Å². The summed E-state index contributed by atoms with van der Waals surface area (Å²) in [5.41, 5.74) is 11.2. The largest absolute Gasteiger partial charge is 0.456 e. The molecule has 1 aromatic heterocycles. The molecule has 0 aliphatic carbocycles. The van der Waals surface area contributed by atoms with Crippen LogP contribution >= 0.6 is 0 Å². The van der Waals surface area contributed by atoms with E-state index in [2.05, 4.69) is 239 Å². The van der Waals surface area contributed by atoms with Crippen LogP contribution in [0.3, 0.4) is 0 Å². The minimum absolute atomic E-state index is 0.816. The third-order valence-corrected chi connectivity index (χ3v) is 10.4. The van der Waals surface area contributed by atoms with Crippen molar-refractivity contribution in [1.82, 2.24) is 0 Å². The molecule has 0 fully saturated rings. The minimum atomic E-state index is 0.816. The Labute approximate surface area is 326 Å². The average Bonchev–Trinajstić information content (AvgIpc) is 3.64. The van der Waals surface area contributed by atoms with Crippen LogP contribution in [0.15, 0.2) is 229 Å². The van der Waals surface area contributed by atoms with Crippen LogP contribution in [0.2, 0.25) is 0 Å². The van der Waals surface area contributed by atoms with Crippen molar-refractivity contribution in [3.63, 3.8) is 0 Å². The van der Waals surface area contributed by atoms with Gasteiger partial charge in [-0.25, -0.2) is 0 Å². The van der Waals surface area contributed by atoms with E-state index < -0.39 is 0 Å². The van der Waals surface area contributed by atoms with Gasteiger partial charge < -0.3 is 19.1 Å². The van der Waals surface area contributed by atoms with Gasteiger partial charge in [0.25, 0.3) is 0 Å². The monoisotopic (exact) mass is 719 g/mol. The summed E-state index contributed by atoms with van der Waals surface area (Å²) in [6.07, 6.45) is 0. The smallest absolute Gasteiger partial charge is 0.138 e. The van der Waals surface area contributed by atoms with Crippen molar-refractivity contribution in [2.45, 2.75) is 0 Å². The van der Waals surface area contributed by atoms with Gasteiger partial charge in [-0.15, -0.1) is 0 Å². The normalized spacial score (nSPS) is 11.2. The molecule has 0 bridgehead atoms. The Morgan fingerprint density at radius 1 is 0.268 bits per heavy atom. The average molecular weight is 720 g/mol. The fraction of sp³-hybridized carbons (Fsp3) is 0. The van der Waals surface area contributed by atoms with Crippen LogP contribution in [0.5, 0.6) is 0 Å². The fourth-order valence-electron chi connectivity index (χ4n) is 7.94. The zero-order valence-electron chi connectivity index (χ0n) is 30.6. The molecule has 0 radical (unpaired) electrons. The van der Waals surface area contributed by atoms with Crippen molar-refractivity contribution in [1.29, 1.82) is 0 Å². The molecule has 0 spiro atoms. The molecule has 266 valence electrons. The first-order chi connectivity index (χ1) is 27.8. The highest BCUT2D eigenvalue weighted by Gasteiger charge is 2.26. The van der Waals surface area contributed by atoms with E-state index >= 15 is 0 Å². The van der Waals surface area contributed by atoms with Crippen LogP contribution in [0.1, 0.15) is 0 Å². The Morgan fingerprint density at radius 3 is 1.16 bits per heavy atom. The third kappa shape index (κ3) is 5.90. The summed E-state index contributed by atoms with van der Waals surface area (Å²) in [4.78, 5) is 7.03. The van der Waals surface area contributed by atoms with Crippen LogP contribution in [0.4, 0.5) is 51.2 Å². The Balaban J connectivity index is 1.31. The molecule has 10 rings (SSSR count). The highest BCUT2D eigenvalue weighted by molar-refractivity contribution is 6.24. The number of nitrogens with zero attached hydrogens (tertiary/aromatic N) is 3. The van der Waals surface area contributed by atoms with Gasteiger partial charge in [-0.1, -0.05) is 121 Å². The Kier molecular flexibility index (Phi) is 8.47. The van der Waals surface area contributed by atoms with E-state index in [4.69, 9.17) is 4.42 Å². The molecule has 4 nitrogen and oxygen atoms in total. The first kappa shape index (κ1) is 33.0. The molecule has 4 heteroatoms. The van der Waals surface area contributed by atoms with Crippen molar-refractivity contribution in [2.75, 3.05) is 14.7 Å². The molecule has 0 atom stereocenters. The lowest BCUT2D eigenvalue weighted by atomic mass is 9.98. The topological polar surface area (TPSA) is 22.9 Å². The zero-order chi connectivity index (χ0) is 37.3. The van der Waals surface area contributed by atoms with Gasteiger partial charge in [-0.05, 0) is 103 Å². The molecule has 0 unspecified atom stereocenters. The van der Waals surface area contributed by atoms with E-state index in [1.807, 2.05) is 0 Å². The summed E-state index contributed by atoms with van der Waals surface area (Å²) in [5.74, 6) is 0. The van der Waals surface area contributed by atoms with Crippen LogP contribution in [-0.2, 0) is 0 Å². The van der Waals surface area contributed by atoms with Gasteiger partial charge >= 0.3 is 0 Å². The molecular formula is C52H37N3O. The first-order valence-electron chi connectivity index (χ1n) is 18.9. The number of hydrogen-bond donors (Lipinski definition) is 0. The zero-order valence-corrected chi connectivity index (χ0v) is 30.6. The number of rotatable bonds is 9. The molecule has 9 aromatic carbocycles. The second-order valence-electron chi connectivity index (χ2n) is 13.8. The maximum Gasteiger partial charge on any atom is 0.138 e. The van der Waals surface area contributed by atoms with Crippen LogP contribution < -0.4 is 14.7 Å². The maximum atomic E-state index is 6.95. The van der Waals surface area contributed by atoms with Gasteiger partial charge in [0.05, 0.1) is 16.8 Å². The molecule has 0 N–H and O–H groups in total. The van der Waals surface area contributed by atoms with Gasteiger partial charge in [-0.2, -0.15) is 0 Å². The molecule has 10 aromatic rings. The lowest BCUT2D eigenvalue weighted by molar-refractivity contribution is 0.669. The predicted octanol–water partition coefficient (Wildman–Crippen LogP) is 15.1. The van der Waals surface area contributed by atoms with Crippen molar-refractivity contribution < 1.29 is 4.42 Å². The summed E-state index contributed by atoms with van der Waals surface area (Å²) < 4.78 is 6.95. The molecule has 0 saturated carbocycles. The highest BCUT2D eigenvalue weighted by Crippen LogP contribution is 2.51. The van der Waals surface area contributed by atoms with E-state index in [1.165, 1.54) is 0 Å². The molecule has 0 aliphatic rings. The van der Waals surface area contributed by atoms with Crippen molar-refractivity contribution >= 4 is 83.9 Å². The minimum Gasteiger partial charge on any atom is -0.456 e. The number of hydrogen-bond acceptors (Lipinski definition) is 4. The van der Waals surface area contributed by atoms with E-state index in [1.54, 1.807) is 0 Å². The second-order valence-corrected chi connectivity index (χ2v) is 13.8. The predicted molar refractivity (Wildman–Crippen MR) is 235 cm³/mol. The quantitative estimate of drug-likeness (QED) is 0.148. The molecule has 0 aliphatic heterocycles. The van der Waals surface area contributed by atoms with Crippen LogP contribution in [0.25, 0.3) is 32.7 Å². The maximum absolute atomic E-state index is 6.95. The van der Waals surface area contributed by atoms with Crippen molar-refractivity contribution in [3.8, 4) is 0 Å². The number of anilines is 9. The van der Waals surface area contributed by atoms with Crippen LogP contribution in [0, 0.1) is 0 Å². The van der Waals surface area contributed by atoms with E-state index in [-0.39, 0.29) is 0 Å². The standard InChI is InChI=1S/C52H37N3O/c1-7-20-38(21-8-1)53(39-22-9-2-10-23-39)44-34-35-49-47(36-44)51-50(56-49)37-46-45(52(51)55(42-28-15-5-16-29-42)43-30-17-6-18-31-43)32-19-33-48(46)54(40-24-11-3-12-25-40)41-26-13-4-14-27-41/h1-37H. The molecule has 1 heterocycles. The van der Waals surface area contributed by atoms with Crippen molar-refractivity contribution in [2.24, 2.45) is 0 Å². The number of furan rings is 1. The second kappa shape index (κ2) is 14.3. The van der Waals surface area contributed by atoms with Crippen LogP contribution in [-0.4, -0.2) is 0 Å². The van der Waals surface area contributed by atoms with Gasteiger partial charge in [0.1, 0.15) is 11.2 Å². The SMILES string of the molecule is c1ccc(N(c2ccccc2)c2ccc3oc4cc5c(N(c6ccccc6)c6ccccc6)cccc5c(N(c5ccccc5)c5ccccc5)c4c3c2)cc1. The van der Waals surface area contributed by atoms with Gasteiger partial charge in [-0.3, -0.25) is 0 Å². The molecule has 0 saturated heterocycles.